The van der Waals surface area contributed by atoms with Gasteiger partial charge in [0.2, 0.25) is 5.56 Å². The number of carboxylic acids is 1. The molecule has 1 fully saturated rings. The van der Waals surface area contributed by atoms with Crippen molar-refractivity contribution in [1.82, 2.24) is 4.57 Å². The Balaban J connectivity index is 0.000000395. The number of carbonyl (C=O) groups excluding carboxylic acids is 1. The number of hydrogen-bond donors (Lipinski definition) is 3. The summed E-state index contributed by atoms with van der Waals surface area (Å²) in [6.07, 6.45) is 6.95. The standard InChI is InChI=1S/C22H19ClFN3O3.C7H12O2/c1-27-12-14(7-9-21(27)28)20(26-30)11-17(15-4-2-3-5-18(15)23)13-6-8-16(22(25)29)19(24)10-13;8-7(9)6-4-2-1-3-5-6/h2-10,12,17,30H,11H2,1H3,(H2,25,29);6H,1-5H2,(H,8,9)/b26-20+;. The highest BCUT2D eigenvalue weighted by Crippen LogP contribution is 2.35. The number of aryl methyl sites for hydroxylation is 1. The molecular formula is C29H31ClFN3O5. The molecule has 0 bridgehead atoms. The first kappa shape index (κ1) is 29.6. The SMILES string of the molecule is Cn1cc(/C(CC(c2ccc(C(N)=O)c(F)c2)c2ccccc2Cl)=N/O)ccc1=O.O=C(O)C1CCCCC1. The maximum atomic E-state index is 14.5. The van der Waals surface area contributed by atoms with E-state index in [9.17, 15) is 24.0 Å². The fourth-order valence-electron chi connectivity index (χ4n) is 4.64. The van der Waals surface area contributed by atoms with Crippen LogP contribution in [0, 0.1) is 11.7 Å². The maximum absolute atomic E-state index is 14.5. The van der Waals surface area contributed by atoms with Crippen molar-refractivity contribution < 1.29 is 24.3 Å². The Kier molecular flexibility index (Phi) is 10.4. The van der Waals surface area contributed by atoms with Crippen LogP contribution in [0.4, 0.5) is 4.39 Å². The van der Waals surface area contributed by atoms with Crippen LogP contribution in [0.3, 0.4) is 0 Å². The molecular weight excluding hydrogens is 525 g/mol. The molecule has 39 heavy (non-hydrogen) atoms. The fourth-order valence-corrected chi connectivity index (χ4v) is 4.90. The lowest BCUT2D eigenvalue weighted by Crippen LogP contribution is -2.18. The van der Waals surface area contributed by atoms with Crippen molar-refractivity contribution in [2.45, 2.75) is 44.4 Å². The third-order valence-corrected chi connectivity index (χ3v) is 7.18. The fraction of sp³-hybridized carbons (Fsp3) is 0.310. The van der Waals surface area contributed by atoms with Crippen LogP contribution in [0.15, 0.2) is 70.7 Å². The molecule has 1 amide bonds. The van der Waals surface area contributed by atoms with Gasteiger partial charge in [-0.1, -0.05) is 60.3 Å². The number of rotatable bonds is 7. The summed E-state index contributed by atoms with van der Waals surface area (Å²) in [6, 6.07) is 14.1. The molecule has 0 saturated heterocycles. The normalized spacial score (nSPS) is 14.7. The predicted molar refractivity (Wildman–Crippen MR) is 147 cm³/mol. The molecule has 1 aliphatic rings. The van der Waals surface area contributed by atoms with Crippen LogP contribution < -0.4 is 11.3 Å². The summed E-state index contributed by atoms with van der Waals surface area (Å²) in [5, 5.41) is 22.1. The minimum Gasteiger partial charge on any atom is -0.481 e. The monoisotopic (exact) mass is 555 g/mol. The molecule has 1 saturated carbocycles. The number of pyridine rings is 1. The number of benzene rings is 2. The van der Waals surface area contributed by atoms with Crippen LogP contribution in [0.2, 0.25) is 5.02 Å². The van der Waals surface area contributed by atoms with Crippen LogP contribution in [0.5, 0.6) is 0 Å². The maximum Gasteiger partial charge on any atom is 0.306 e. The van der Waals surface area contributed by atoms with Crippen LogP contribution in [-0.4, -0.2) is 32.5 Å². The number of oxime groups is 1. The number of amides is 1. The molecule has 1 heterocycles. The van der Waals surface area contributed by atoms with Gasteiger partial charge in [-0.05, 0) is 48.2 Å². The van der Waals surface area contributed by atoms with Crippen LogP contribution in [0.1, 0.15) is 71.5 Å². The second kappa shape index (κ2) is 13.7. The molecule has 4 rings (SSSR count). The van der Waals surface area contributed by atoms with Gasteiger partial charge in [-0.2, -0.15) is 0 Å². The van der Waals surface area contributed by atoms with Gasteiger partial charge in [0.05, 0.1) is 17.2 Å². The largest absolute Gasteiger partial charge is 0.481 e. The predicted octanol–water partition coefficient (Wildman–Crippen LogP) is 5.33. The minimum absolute atomic E-state index is 0.0289. The lowest BCUT2D eigenvalue weighted by molar-refractivity contribution is -0.142. The summed E-state index contributed by atoms with van der Waals surface area (Å²) in [6.45, 7) is 0. The Morgan fingerprint density at radius 3 is 2.36 bits per heavy atom. The van der Waals surface area contributed by atoms with Crippen molar-refractivity contribution >= 4 is 29.2 Å². The van der Waals surface area contributed by atoms with E-state index in [2.05, 4.69) is 5.16 Å². The van der Waals surface area contributed by atoms with Gasteiger partial charge in [0.1, 0.15) is 5.82 Å². The molecule has 3 aromatic rings. The smallest absolute Gasteiger partial charge is 0.306 e. The zero-order chi connectivity index (χ0) is 28.5. The van der Waals surface area contributed by atoms with Gasteiger partial charge < -0.3 is 20.6 Å². The average Bonchev–Trinajstić information content (AvgIpc) is 2.92. The Morgan fingerprint density at radius 2 is 1.82 bits per heavy atom. The minimum atomic E-state index is -0.865. The molecule has 4 N–H and O–H groups in total. The van der Waals surface area contributed by atoms with Crippen molar-refractivity contribution in [2.24, 2.45) is 23.9 Å². The third kappa shape index (κ3) is 7.77. The highest BCUT2D eigenvalue weighted by molar-refractivity contribution is 6.31. The second-order valence-corrected chi connectivity index (χ2v) is 9.88. The number of nitrogens with two attached hydrogens (primary N) is 1. The van der Waals surface area contributed by atoms with Crippen LogP contribution in [-0.2, 0) is 11.8 Å². The Bertz CT molecular complexity index is 1420. The Labute approximate surface area is 230 Å². The zero-order valence-electron chi connectivity index (χ0n) is 21.5. The molecule has 10 heteroatoms. The average molecular weight is 556 g/mol. The molecule has 0 spiro atoms. The number of nitrogens with zero attached hydrogens (tertiary/aromatic N) is 2. The van der Waals surface area contributed by atoms with Gasteiger partial charge in [-0.3, -0.25) is 14.4 Å². The highest BCUT2D eigenvalue weighted by atomic mass is 35.5. The van der Waals surface area contributed by atoms with E-state index in [1.807, 2.05) is 0 Å². The van der Waals surface area contributed by atoms with Crippen molar-refractivity contribution in [3.63, 3.8) is 0 Å². The summed E-state index contributed by atoms with van der Waals surface area (Å²) in [5.74, 6) is -2.73. The topological polar surface area (TPSA) is 135 Å². The summed E-state index contributed by atoms with van der Waals surface area (Å²) in [4.78, 5) is 33.4. The molecule has 1 aromatic heterocycles. The third-order valence-electron chi connectivity index (χ3n) is 6.83. The number of halogens is 2. The Hall–Kier alpha value is -3.98. The molecule has 206 valence electrons. The van der Waals surface area contributed by atoms with Crippen molar-refractivity contribution in [3.8, 4) is 0 Å². The number of aliphatic carboxylic acids is 1. The molecule has 1 atom stereocenters. The van der Waals surface area contributed by atoms with E-state index in [0.29, 0.717) is 21.7 Å². The van der Waals surface area contributed by atoms with E-state index in [1.54, 1.807) is 49.6 Å². The first-order valence-corrected chi connectivity index (χ1v) is 12.9. The molecule has 0 aliphatic heterocycles. The van der Waals surface area contributed by atoms with Crippen molar-refractivity contribution in [1.29, 1.82) is 0 Å². The summed E-state index contributed by atoms with van der Waals surface area (Å²) < 4.78 is 15.8. The molecule has 2 aromatic carbocycles. The lowest BCUT2D eigenvalue weighted by Gasteiger charge is -2.20. The van der Waals surface area contributed by atoms with Crippen LogP contribution >= 0.6 is 11.6 Å². The number of carbonyl (C=O) groups is 2. The van der Waals surface area contributed by atoms with E-state index >= 15 is 0 Å². The van der Waals surface area contributed by atoms with Gasteiger partial charge in [0.25, 0.3) is 5.91 Å². The number of aromatic nitrogens is 1. The van der Waals surface area contributed by atoms with Gasteiger partial charge in [-0.25, -0.2) is 4.39 Å². The summed E-state index contributed by atoms with van der Waals surface area (Å²) in [5.41, 5.74) is 6.81. The number of primary amides is 1. The molecule has 8 nitrogen and oxygen atoms in total. The van der Waals surface area contributed by atoms with Gasteiger partial charge in [0, 0.05) is 42.2 Å². The lowest BCUT2D eigenvalue weighted by atomic mass is 9.85. The zero-order valence-corrected chi connectivity index (χ0v) is 22.3. The molecule has 1 aliphatic carbocycles. The van der Waals surface area contributed by atoms with E-state index in [1.165, 1.54) is 29.2 Å². The number of carboxylic acid groups (broad SMARTS) is 1. The quantitative estimate of drug-likeness (QED) is 0.206. The molecule has 1 unspecified atom stereocenters. The number of hydrogen-bond acceptors (Lipinski definition) is 5. The first-order chi connectivity index (χ1) is 18.6. The van der Waals surface area contributed by atoms with Gasteiger partial charge >= 0.3 is 5.97 Å². The van der Waals surface area contributed by atoms with E-state index in [-0.39, 0.29) is 29.2 Å². The highest BCUT2D eigenvalue weighted by Gasteiger charge is 2.23. The summed E-state index contributed by atoms with van der Waals surface area (Å²) >= 11 is 6.39. The van der Waals surface area contributed by atoms with Crippen molar-refractivity contribution in [2.75, 3.05) is 0 Å². The molecule has 0 radical (unpaired) electrons. The van der Waals surface area contributed by atoms with Gasteiger partial charge in [-0.15, -0.1) is 0 Å². The second-order valence-electron chi connectivity index (χ2n) is 9.47. The summed E-state index contributed by atoms with van der Waals surface area (Å²) in [7, 11) is 1.59. The Morgan fingerprint density at radius 1 is 1.13 bits per heavy atom. The van der Waals surface area contributed by atoms with Crippen LogP contribution in [0.25, 0.3) is 0 Å². The van der Waals surface area contributed by atoms with Gasteiger partial charge in [0.15, 0.2) is 0 Å². The van der Waals surface area contributed by atoms with E-state index in [0.717, 1.165) is 25.7 Å². The first-order valence-electron chi connectivity index (χ1n) is 12.6. The van der Waals surface area contributed by atoms with E-state index < -0.39 is 23.6 Å². The van der Waals surface area contributed by atoms with E-state index in [4.69, 9.17) is 22.4 Å². The van der Waals surface area contributed by atoms with Crippen molar-refractivity contribution in [3.05, 3.63) is 104 Å².